The van der Waals surface area contributed by atoms with E-state index >= 15 is 0 Å². The van der Waals surface area contributed by atoms with E-state index in [9.17, 15) is 0 Å². The van der Waals surface area contributed by atoms with Gasteiger partial charge in [-0.25, -0.2) is 0 Å². The third-order valence-electron chi connectivity index (χ3n) is 4.37. The molecule has 2 aromatic heterocycles. The molecule has 0 bridgehead atoms. The van der Waals surface area contributed by atoms with Gasteiger partial charge < -0.3 is 9.15 Å². The van der Waals surface area contributed by atoms with Crippen molar-refractivity contribution in [1.29, 1.82) is 0 Å². The highest BCUT2D eigenvalue weighted by Gasteiger charge is 2.30. The number of thioether (sulfide) groups is 1. The first kappa shape index (κ1) is 16.3. The lowest BCUT2D eigenvalue weighted by Crippen LogP contribution is -2.05. The summed E-state index contributed by atoms with van der Waals surface area (Å²) in [7, 11) is 1.71. The van der Waals surface area contributed by atoms with Crippen LogP contribution in [-0.2, 0) is 12.3 Å². The summed E-state index contributed by atoms with van der Waals surface area (Å²) in [5.41, 5.74) is 2.40. The van der Waals surface area contributed by atoms with Gasteiger partial charge in [0.05, 0.1) is 19.9 Å². The molecule has 0 aliphatic heterocycles. The second-order valence-corrected chi connectivity index (χ2v) is 7.33. The third-order valence-corrected chi connectivity index (χ3v) is 5.39. The molecule has 0 spiro atoms. The van der Waals surface area contributed by atoms with Crippen LogP contribution in [-0.4, -0.2) is 21.9 Å². The average molecular weight is 355 g/mol. The molecule has 25 heavy (non-hydrogen) atoms. The molecular weight excluding hydrogens is 334 g/mol. The zero-order valence-electron chi connectivity index (χ0n) is 14.4. The van der Waals surface area contributed by atoms with Gasteiger partial charge in [0.1, 0.15) is 17.3 Å². The Bertz CT molecular complexity index is 854. The summed E-state index contributed by atoms with van der Waals surface area (Å²) in [4.78, 5) is 0. The molecule has 1 aliphatic carbocycles. The maximum Gasteiger partial charge on any atom is 0.191 e. The fourth-order valence-electron chi connectivity index (χ4n) is 2.92. The molecule has 1 fully saturated rings. The number of benzene rings is 1. The molecule has 1 saturated carbocycles. The summed E-state index contributed by atoms with van der Waals surface area (Å²) < 4.78 is 13.2. The van der Waals surface area contributed by atoms with Crippen molar-refractivity contribution in [2.75, 3.05) is 7.11 Å². The molecule has 0 atom stereocenters. The molecule has 130 valence electrons. The highest BCUT2D eigenvalue weighted by molar-refractivity contribution is 7.98. The van der Waals surface area contributed by atoms with Crippen LogP contribution in [0.1, 0.15) is 41.5 Å². The van der Waals surface area contributed by atoms with Gasteiger partial charge in [-0.15, -0.1) is 10.2 Å². The van der Waals surface area contributed by atoms with Crippen molar-refractivity contribution in [2.24, 2.45) is 0 Å². The second-order valence-electron chi connectivity index (χ2n) is 6.38. The van der Waals surface area contributed by atoms with E-state index in [-0.39, 0.29) is 0 Å². The predicted molar refractivity (Wildman–Crippen MR) is 97.1 cm³/mol. The topological polar surface area (TPSA) is 53.1 Å². The van der Waals surface area contributed by atoms with Crippen molar-refractivity contribution in [3.05, 3.63) is 59.3 Å². The molecule has 0 radical (unpaired) electrons. The Hall–Kier alpha value is -2.21. The Morgan fingerprint density at radius 3 is 2.88 bits per heavy atom. The van der Waals surface area contributed by atoms with Crippen molar-refractivity contribution in [2.45, 2.75) is 43.1 Å². The van der Waals surface area contributed by atoms with E-state index in [1.54, 1.807) is 25.1 Å². The Morgan fingerprint density at radius 1 is 1.28 bits per heavy atom. The van der Waals surface area contributed by atoms with Crippen LogP contribution >= 0.6 is 11.8 Å². The van der Waals surface area contributed by atoms with Crippen LogP contribution in [0.2, 0.25) is 0 Å². The van der Waals surface area contributed by atoms with Crippen LogP contribution < -0.4 is 4.74 Å². The number of rotatable bonds is 7. The number of aryl methyl sites for hydroxylation is 1. The van der Waals surface area contributed by atoms with Crippen LogP contribution in [0, 0.1) is 6.92 Å². The highest BCUT2D eigenvalue weighted by atomic mass is 32.2. The van der Waals surface area contributed by atoms with Crippen molar-refractivity contribution < 1.29 is 9.15 Å². The molecule has 2 heterocycles. The third kappa shape index (κ3) is 3.58. The first-order valence-corrected chi connectivity index (χ1v) is 9.45. The average Bonchev–Trinajstić information content (AvgIpc) is 3.18. The van der Waals surface area contributed by atoms with E-state index in [0.29, 0.717) is 12.5 Å². The Labute approximate surface area is 151 Å². The van der Waals surface area contributed by atoms with Gasteiger partial charge >= 0.3 is 0 Å². The SMILES string of the molecule is COc1ccc(C)cc1CSc1nnc(C2CC2)n1Cc1ccco1. The monoisotopic (exact) mass is 355 g/mol. The lowest BCUT2D eigenvalue weighted by molar-refractivity contribution is 0.411. The lowest BCUT2D eigenvalue weighted by Gasteiger charge is -2.11. The minimum atomic E-state index is 0.547. The zero-order valence-corrected chi connectivity index (χ0v) is 15.3. The largest absolute Gasteiger partial charge is 0.496 e. The van der Waals surface area contributed by atoms with E-state index in [1.165, 1.54) is 24.0 Å². The fourth-order valence-corrected chi connectivity index (χ4v) is 3.84. The Morgan fingerprint density at radius 2 is 2.16 bits per heavy atom. The normalized spacial score (nSPS) is 14.0. The van der Waals surface area contributed by atoms with Gasteiger partial charge in [0.15, 0.2) is 5.16 Å². The van der Waals surface area contributed by atoms with Gasteiger partial charge in [-0.1, -0.05) is 29.5 Å². The molecule has 1 aromatic carbocycles. The Kier molecular flexibility index (Phi) is 4.53. The highest BCUT2D eigenvalue weighted by Crippen LogP contribution is 2.40. The van der Waals surface area contributed by atoms with E-state index in [1.807, 2.05) is 18.2 Å². The summed E-state index contributed by atoms with van der Waals surface area (Å²) in [6, 6.07) is 10.2. The summed E-state index contributed by atoms with van der Waals surface area (Å²) in [6.45, 7) is 2.78. The molecule has 0 amide bonds. The molecule has 0 unspecified atom stereocenters. The zero-order chi connectivity index (χ0) is 17.2. The fraction of sp³-hybridized carbons (Fsp3) is 0.368. The van der Waals surface area contributed by atoms with Crippen LogP contribution in [0.4, 0.5) is 0 Å². The van der Waals surface area contributed by atoms with Gasteiger partial charge in [-0.2, -0.15) is 0 Å². The molecule has 1 aliphatic rings. The van der Waals surface area contributed by atoms with Gasteiger partial charge in [-0.05, 0) is 38.0 Å². The summed E-state index contributed by atoms with van der Waals surface area (Å²) >= 11 is 1.69. The van der Waals surface area contributed by atoms with Crippen molar-refractivity contribution in [3.63, 3.8) is 0 Å². The second kappa shape index (κ2) is 6.96. The Balaban J connectivity index is 1.57. The number of ether oxygens (including phenoxy) is 1. The van der Waals surface area contributed by atoms with E-state index < -0.39 is 0 Å². The molecule has 0 saturated heterocycles. The lowest BCUT2D eigenvalue weighted by atomic mass is 10.1. The predicted octanol–water partition coefficient (Wildman–Crippen LogP) is 4.41. The smallest absolute Gasteiger partial charge is 0.191 e. The van der Waals surface area contributed by atoms with E-state index in [2.05, 4.69) is 33.8 Å². The van der Waals surface area contributed by atoms with Crippen LogP contribution in [0.15, 0.2) is 46.2 Å². The molecule has 6 heteroatoms. The summed E-state index contributed by atoms with van der Waals surface area (Å²) in [5.74, 6) is 4.26. The molecule has 5 nitrogen and oxygen atoms in total. The summed E-state index contributed by atoms with van der Waals surface area (Å²) in [6.07, 6.45) is 4.11. The first-order chi connectivity index (χ1) is 12.2. The van der Waals surface area contributed by atoms with Crippen LogP contribution in [0.5, 0.6) is 5.75 Å². The van der Waals surface area contributed by atoms with Crippen molar-refractivity contribution in [3.8, 4) is 5.75 Å². The molecule has 4 rings (SSSR count). The van der Waals surface area contributed by atoms with E-state index in [0.717, 1.165) is 28.2 Å². The number of furan rings is 1. The maximum atomic E-state index is 5.53. The molecule has 3 aromatic rings. The number of nitrogens with zero attached hydrogens (tertiary/aromatic N) is 3. The van der Waals surface area contributed by atoms with Gasteiger partial charge in [0.25, 0.3) is 0 Å². The van der Waals surface area contributed by atoms with E-state index in [4.69, 9.17) is 9.15 Å². The first-order valence-electron chi connectivity index (χ1n) is 8.46. The van der Waals surface area contributed by atoms with Gasteiger partial charge in [-0.3, -0.25) is 4.57 Å². The minimum Gasteiger partial charge on any atom is -0.496 e. The van der Waals surface area contributed by atoms with Crippen LogP contribution in [0.25, 0.3) is 0 Å². The quantitative estimate of drug-likeness (QED) is 0.588. The number of hydrogen-bond donors (Lipinski definition) is 0. The number of aromatic nitrogens is 3. The van der Waals surface area contributed by atoms with Crippen molar-refractivity contribution >= 4 is 11.8 Å². The minimum absolute atomic E-state index is 0.547. The summed E-state index contributed by atoms with van der Waals surface area (Å²) in [5, 5.41) is 9.83. The van der Waals surface area contributed by atoms with Crippen molar-refractivity contribution in [1.82, 2.24) is 14.8 Å². The number of methoxy groups -OCH3 is 1. The van der Waals surface area contributed by atoms with Crippen LogP contribution in [0.3, 0.4) is 0 Å². The molecule has 0 N–H and O–H groups in total. The molecular formula is C19H21N3O2S. The standard InChI is InChI=1S/C19H21N3O2S/c1-13-5-8-17(23-2)15(10-13)12-25-19-21-20-18(14-6-7-14)22(19)11-16-4-3-9-24-16/h3-5,8-10,14H,6-7,11-12H2,1-2H3. The maximum absolute atomic E-state index is 5.53. The van der Waals surface area contributed by atoms with Gasteiger partial charge in [0.2, 0.25) is 0 Å². The van der Waals surface area contributed by atoms with Gasteiger partial charge in [0, 0.05) is 17.2 Å². The number of hydrogen-bond acceptors (Lipinski definition) is 5.